The molecule has 1 aromatic carbocycles. The summed E-state index contributed by atoms with van der Waals surface area (Å²) in [7, 11) is 1.64. The molecule has 1 fully saturated rings. The number of benzene rings is 1. The maximum atomic E-state index is 12.3. The van der Waals surface area contributed by atoms with Gasteiger partial charge in [-0.3, -0.25) is 9.59 Å². The highest BCUT2D eigenvalue weighted by molar-refractivity contribution is 5.94. The second-order valence-electron chi connectivity index (χ2n) is 6.28. The van der Waals surface area contributed by atoms with E-state index in [2.05, 4.69) is 15.3 Å². The Bertz CT molecular complexity index is 792. The Morgan fingerprint density at radius 1 is 1.25 bits per heavy atom. The maximum Gasteiger partial charge on any atom is 0.268 e. The predicted molar refractivity (Wildman–Crippen MR) is 93.4 cm³/mol. The fourth-order valence-electron chi connectivity index (χ4n) is 2.97. The standard InChI is InChI=1S/C18H22N4O2/c1-13-4-3-5-14(10-13)18(24)20-15-6-8-22(9-7-15)16-11-17(23)21(2)19-12-16/h3-5,10-12,15H,6-9H2,1-2H3,(H,20,24). The first-order valence-electron chi connectivity index (χ1n) is 8.19. The Labute approximate surface area is 141 Å². The topological polar surface area (TPSA) is 67.2 Å². The van der Waals surface area contributed by atoms with Crippen LogP contribution in [0.2, 0.25) is 0 Å². The summed E-state index contributed by atoms with van der Waals surface area (Å²) >= 11 is 0. The number of aromatic nitrogens is 2. The van der Waals surface area contributed by atoms with E-state index >= 15 is 0 Å². The molecular formula is C18H22N4O2. The lowest BCUT2D eigenvalue weighted by molar-refractivity contribution is 0.0931. The zero-order valence-corrected chi connectivity index (χ0v) is 14.0. The summed E-state index contributed by atoms with van der Waals surface area (Å²) < 4.78 is 1.32. The van der Waals surface area contributed by atoms with Crippen molar-refractivity contribution in [2.24, 2.45) is 7.05 Å². The summed E-state index contributed by atoms with van der Waals surface area (Å²) in [6.45, 7) is 3.58. The lowest BCUT2D eigenvalue weighted by Crippen LogP contribution is -2.45. The van der Waals surface area contributed by atoms with Gasteiger partial charge in [0.15, 0.2) is 0 Å². The maximum absolute atomic E-state index is 12.3. The summed E-state index contributed by atoms with van der Waals surface area (Å²) in [5.41, 5.74) is 2.52. The molecule has 6 heteroatoms. The first-order chi connectivity index (χ1) is 11.5. The molecule has 2 heterocycles. The van der Waals surface area contributed by atoms with Gasteiger partial charge in [-0.05, 0) is 31.9 Å². The van der Waals surface area contributed by atoms with E-state index in [0.717, 1.165) is 37.2 Å². The summed E-state index contributed by atoms with van der Waals surface area (Å²) in [6.07, 6.45) is 3.42. The average Bonchev–Trinajstić information content (AvgIpc) is 2.58. The molecule has 0 saturated carbocycles. The summed E-state index contributed by atoms with van der Waals surface area (Å²) in [6, 6.07) is 9.38. The zero-order valence-electron chi connectivity index (χ0n) is 14.0. The minimum Gasteiger partial charge on any atom is -0.370 e. The van der Waals surface area contributed by atoms with Gasteiger partial charge in [0.25, 0.3) is 11.5 Å². The lowest BCUT2D eigenvalue weighted by atomic mass is 10.0. The summed E-state index contributed by atoms with van der Waals surface area (Å²) in [4.78, 5) is 26.2. The number of amides is 1. The highest BCUT2D eigenvalue weighted by Crippen LogP contribution is 2.18. The van der Waals surface area contributed by atoms with Gasteiger partial charge in [0.2, 0.25) is 0 Å². The number of carbonyl (C=O) groups excluding carboxylic acids is 1. The van der Waals surface area contributed by atoms with Crippen LogP contribution >= 0.6 is 0 Å². The molecule has 1 aromatic heterocycles. The lowest BCUT2D eigenvalue weighted by Gasteiger charge is -2.33. The van der Waals surface area contributed by atoms with Crippen molar-refractivity contribution in [3.63, 3.8) is 0 Å². The largest absolute Gasteiger partial charge is 0.370 e. The number of carbonyl (C=O) groups is 1. The smallest absolute Gasteiger partial charge is 0.268 e. The van der Waals surface area contributed by atoms with Crippen LogP contribution in [0, 0.1) is 6.92 Å². The monoisotopic (exact) mass is 326 g/mol. The molecular weight excluding hydrogens is 304 g/mol. The van der Waals surface area contributed by atoms with Crippen molar-refractivity contribution in [2.45, 2.75) is 25.8 Å². The fraction of sp³-hybridized carbons (Fsp3) is 0.389. The number of nitrogens with one attached hydrogen (secondary N) is 1. The first kappa shape index (κ1) is 16.2. The van der Waals surface area contributed by atoms with Crippen LogP contribution < -0.4 is 15.8 Å². The van der Waals surface area contributed by atoms with Crippen LogP contribution in [0.5, 0.6) is 0 Å². The quantitative estimate of drug-likeness (QED) is 0.928. The molecule has 0 radical (unpaired) electrons. The zero-order chi connectivity index (χ0) is 17.1. The van der Waals surface area contributed by atoms with Gasteiger partial charge in [0.05, 0.1) is 11.9 Å². The van der Waals surface area contributed by atoms with Crippen molar-refractivity contribution in [3.05, 3.63) is 58.0 Å². The van der Waals surface area contributed by atoms with E-state index in [1.807, 2.05) is 31.2 Å². The molecule has 0 atom stereocenters. The van der Waals surface area contributed by atoms with E-state index in [1.54, 1.807) is 19.3 Å². The van der Waals surface area contributed by atoms with Crippen LogP contribution in [0.3, 0.4) is 0 Å². The molecule has 0 aliphatic carbocycles. The number of anilines is 1. The van der Waals surface area contributed by atoms with E-state index in [1.165, 1.54) is 4.68 Å². The molecule has 0 spiro atoms. The normalized spacial score (nSPS) is 15.3. The Hall–Kier alpha value is -2.63. The molecule has 1 N–H and O–H groups in total. The van der Waals surface area contributed by atoms with E-state index in [4.69, 9.17) is 0 Å². The van der Waals surface area contributed by atoms with Crippen molar-refractivity contribution >= 4 is 11.6 Å². The first-order valence-corrected chi connectivity index (χ1v) is 8.19. The highest BCUT2D eigenvalue weighted by atomic mass is 16.1. The van der Waals surface area contributed by atoms with E-state index in [-0.39, 0.29) is 17.5 Å². The van der Waals surface area contributed by atoms with E-state index < -0.39 is 0 Å². The molecule has 0 unspecified atom stereocenters. The van der Waals surface area contributed by atoms with Crippen molar-refractivity contribution < 1.29 is 4.79 Å². The number of hydrogen-bond donors (Lipinski definition) is 1. The van der Waals surface area contributed by atoms with Gasteiger partial charge in [0, 0.05) is 37.8 Å². The van der Waals surface area contributed by atoms with Crippen LogP contribution in [0.4, 0.5) is 5.69 Å². The number of hydrogen-bond acceptors (Lipinski definition) is 4. The third-order valence-electron chi connectivity index (χ3n) is 4.43. The SMILES string of the molecule is Cc1cccc(C(=O)NC2CCN(c3cnn(C)c(=O)c3)CC2)c1. The molecule has 1 aliphatic heterocycles. The van der Waals surface area contributed by atoms with E-state index in [9.17, 15) is 9.59 Å². The van der Waals surface area contributed by atoms with Gasteiger partial charge in [-0.2, -0.15) is 5.10 Å². The molecule has 1 amide bonds. The highest BCUT2D eigenvalue weighted by Gasteiger charge is 2.21. The van der Waals surface area contributed by atoms with Crippen LogP contribution in [0.1, 0.15) is 28.8 Å². The van der Waals surface area contributed by atoms with Gasteiger partial charge >= 0.3 is 0 Å². The van der Waals surface area contributed by atoms with Crippen LogP contribution in [0.25, 0.3) is 0 Å². The molecule has 3 rings (SSSR count). The molecule has 24 heavy (non-hydrogen) atoms. The number of nitrogens with zero attached hydrogens (tertiary/aromatic N) is 3. The van der Waals surface area contributed by atoms with E-state index in [0.29, 0.717) is 5.56 Å². The number of aryl methyl sites for hydroxylation is 2. The van der Waals surface area contributed by atoms with Crippen LogP contribution in [0.15, 0.2) is 41.3 Å². The third kappa shape index (κ3) is 3.64. The number of piperidine rings is 1. The summed E-state index contributed by atoms with van der Waals surface area (Å²) in [5, 5.41) is 7.17. The molecule has 6 nitrogen and oxygen atoms in total. The van der Waals surface area contributed by atoms with Gasteiger partial charge in [0.1, 0.15) is 0 Å². The minimum absolute atomic E-state index is 0.0209. The molecule has 1 saturated heterocycles. The average molecular weight is 326 g/mol. The Morgan fingerprint density at radius 2 is 2.00 bits per heavy atom. The Balaban J connectivity index is 1.58. The van der Waals surface area contributed by atoms with Gasteiger partial charge in [-0.1, -0.05) is 17.7 Å². The van der Waals surface area contributed by atoms with Crippen LogP contribution in [-0.4, -0.2) is 34.8 Å². The molecule has 0 bridgehead atoms. The fourth-order valence-corrected chi connectivity index (χ4v) is 2.97. The van der Waals surface area contributed by atoms with Gasteiger partial charge in [-0.15, -0.1) is 0 Å². The Morgan fingerprint density at radius 3 is 2.67 bits per heavy atom. The Kier molecular flexibility index (Phi) is 4.64. The molecule has 2 aromatic rings. The molecule has 126 valence electrons. The van der Waals surface area contributed by atoms with Crippen molar-refractivity contribution in [2.75, 3.05) is 18.0 Å². The van der Waals surface area contributed by atoms with Crippen LogP contribution in [-0.2, 0) is 7.05 Å². The van der Waals surface area contributed by atoms with Crippen molar-refractivity contribution in [3.8, 4) is 0 Å². The minimum atomic E-state index is -0.109. The van der Waals surface area contributed by atoms with Gasteiger partial charge < -0.3 is 10.2 Å². The van der Waals surface area contributed by atoms with Gasteiger partial charge in [-0.25, -0.2) is 4.68 Å². The van der Waals surface area contributed by atoms with Crippen molar-refractivity contribution in [1.29, 1.82) is 0 Å². The third-order valence-corrected chi connectivity index (χ3v) is 4.43. The second kappa shape index (κ2) is 6.86. The predicted octanol–water partition coefficient (Wildman–Crippen LogP) is 1.49. The van der Waals surface area contributed by atoms with Crippen molar-refractivity contribution in [1.82, 2.24) is 15.1 Å². The number of rotatable bonds is 3. The summed E-state index contributed by atoms with van der Waals surface area (Å²) in [5.74, 6) is -0.0209. The second-order valence-corrected chi connectivity index (χ2v) is 6.28. The molecule has 1 aliphatic rings.